The van der Waals surface area contributed by atoms with Gasteiger partial charge in [-0.3, -0.25) is 9.59 Å². The van der Waals surface area contributed by atoms with E-state index in [9.17, 15) is 9.59 Å². The molecule has 6 nitrogen and oxygen atoms in total. The number of nitrogens with zero attached hydrogens (tertiary/aromatic N) is 2. The van der Waals surface area contributed by atoms with Crippen molar-refractivity contribution in [2.75, 3.05) is 13.1 Å². The molecule has 1 aromatic carbocycles. The standard InChI is InChI=1S/C22H27N3O3/c1-16(2)13-25-14-19(11-21(25)26)22(27)24-12-18-8-9-23-20(10-18)28-15-17-6-4-3-5-7-17/h3-10,16,19H,11-15H2,1-2H3,(H,24,27). The predicted molar refractivity (Wildman–Crippen MR) is 106 cm³/mol. The van der Waals surface area contributed by atoms with Gasteiger partial charge in [0.1, 0.15) is 6.61 Å². The molecule has 1 saturated heterocycles. The lowest BCUT2D eigenvalue weighted by Gasteiger charge is -2.18. The predicted octanol–water partition coefficient (Wildman–Crippen LogP) is 2.78. The van der Waals surface area contributed by atoms with Gasteiger partial charge in [-0.1, -0.05) is 44.2 Å². The molecule has 1 fully saturated rings. The Labute approximate surface area is 165 Å². The lowest BCUT2D eigenvalue weighted by molar-refractivity contribution is -0.129. The first kappa shape index (κ1) is 19.9. The maximum Gasteiger partial charge on any atom is 0.225 e. The molecule has 1 aliphatic heterocycles. The molecule has 2 heterocycles. The van der Waals surface area contributed by atoms with Crippen molar-refractivity contribution in [1.29, 1.82) is 0 Å². The van der Waals surface area contributed by atoms with E-state index in [0.717, 1.165) is 11.1 Å². The third-order valence-corrected chi connectivity index (χ3v) is 4.67. The van der Waals surface area contributed by atoms with Gasteiger partial charge in [0.2, 0.25) is 17.7 Å². The summed E-state index contributed by atoms with van der Waals surface area (Å²) in [6.45, 7) is 6.18. The van der Waals surface area contributed by atoms with E-state index in [4.69, 9.17) is 4.74 Å². The number of carbonyl (C=O) groups excluding carboxylic acids is 2. The quantitative estimate of drug-likeness (QED) is 0.763. The summed E-state index contributed by atoms with van der Waals surface area (Å²) in [5.41, 5.74) is 1.98. The van der Waals surface area contributed by atoms with Crippen molar-refractivity contribution >= 4 is 11.8 Å². The minimum atomic E-state index is -0.276. The molecule has 0 radical (unpaired) electrons. The third kappa shape index (κ3) is 5.55. The number of ether oxygens (including phenoxy) is 1. The second-order valence-corrected chi connectivity index (χ2v) is 7.59. The Morgan fingerprint density at radius 1 is 1.25 bits per heavy atom. The van der Waals surface area contributed by atoms with Crippen molar-refractivity contribution in [3.63, 3.8) is 0 Å². The highest BCUT2D eigenvalue weighted by Crippen LogP contribution is 2.19. The summed E-state index contributed by atoms with van der Waals surface area (Å²) in [6.07, 6.45) is 1.96. The summed E-state index contributed by atoms with van der Waals surface area (Å²) in [6, 6.07) is 13.6. The van der Waals surface area contributed by atoms with Gasteiger partial charge < -0.3 is 15.0 Å². The maximum absolute atomic E-state index is 12.5. The van der Waals surface area contributed by atoms with Gasteiger partial charge in [0.25, 0.3) is 0 Å². The smallest absolute Gasteiger partial charge is 0.225 e. The Bertz CT molecular complexity index is 808. The fourth-order valence-corrected chi connectivity index (χ4v) is 3.27. The molecule has 2 aromatic rings. The summed E-state index contributed by atoms with van der Waals surface area (Å²) in [7, 11) is 0. The summed E-state index contributed by atoms with van der Waals surface area (Å²) >= 11 is 0. The Hall–Kier alpha value is -2.89. The van der Waals surface area contributed by atoms with Crippen molar-refractivity contribution < 1.29 is 14.3 Å². The summed E-state index contributed by atoms with van der Waals surface area (Å²) in [4.78, 5) is 30.5. The van der Waals surface area contributed by atoms with Crippen LogP contribution in [0.2, 0.25) is 0 Å². The second-order valence-electron chi connectivity index (χ2n) is 7.59. The van der Waals surface area contributed by atoms with Crippen molar-refractivity contribution in [3.05, 3.63) is 59.8 Å². The Kier molecular flexibility index (Phi) is 6.63. The van der Waals surface area contributed by atoms with Gasteiger partial charge in [-0.05, 0) is 23.1 Å². The van der Waals surface area contributed by atoms with Gasteiger partial charge >= 0.3 is 0 Å². The van der Waals surface area contributed by atoms with E-state index in [1.165, 1.54) is 0 Å². The average molecular weight is 381 g/mol. The number of pyridine rings is 1. The van der Waals surface area contributed by atoms with Crippen LogP contribution in [0.4, 0.5) is 0 Å². The number of amides is 2. The molecule has 1 N–H and O–H groups in total. The number of nitrogens with one attached hydrogen (secondary N) is 1. The molecule has 0 bridgehead atoms. The van der Waals surface area contributed by atoms with E-state index in [2.05, 4.69) is 24.1 Å². The van der Waals surface area contributed by atoms with Crippen molar-refractivity contribution in [2.45, 2.75) is 33.4 Å². The zero-order valence-corrected chi connectivity index (χ0v) is 16.4. The van der Waals surface area contributed by atoms with Crippen LogP contribution >= 0.6 is 0 Å². The van der Waals surface area contributed by atoms with E-state index in [1.54, 1.807) is 11.1 Å². The van der Waals surface area contributed by atoms with E-state index in [0.29, 0.717) is 44.5 Å². The van der Waals surface area contributed by atoms with E-state index in [-0.39, 0.29) is 17.7 Å². The molecule has 0 saturated carbocycles. The minimum Gasteiger partial charge on any atom is -0.473 e. The van der Waals surface area contributed by atoms with Gasteiger partial charge in [-0.2, -0.15) is 0 Å². The molecule has 3 rings (SSSR count). The first-order chi connectivity index (χ1) is 13.5. The number of hydrogen-bond acceptors (Lipinski definition) is 4. The van der Waals surface area contributed by atoms with Crippen LogP contribution in [0.1, 0.15) is 31.4 Å². The van der Waals surface area contributed by atoms with E-state index >= 15 is 0 Å². The highest BCUT2D eigenvalue weighted by molar-refractivity contribution is 5.89. The van der Waals surface area contributed by atoms with E-state index in [1.807, 2.05) is 42.5 Å². The fourth-order valence-electron chi connectivity index (χ4n) is 3.27. The SMILES string of the molecule is CC(C)CN1CC(C(=O)NCc2ccnc(OCc3ccccc3)c2)CC1=O. The number of likely N-dealkylation sites (tertiary alicyclic amines) is 1. The number of rotatable bonds is 8. The lowest BCUT2D eigenvalue weighted by atomic mass is 10.1. The van der Waals surface area contributed by atoms with E-state index < -0.39 is 0 Å². The normalized spacial score (nSPS) is 16.5. The Morgan fingerprint density at radius 2 is 2.04 bits per heavy atom. The highest BCUT2D eigenvalue weighted by atomic mass is 16.5. The zero-order valence-electron chi connectivity index (χ0n) is 16.4. The van der Waals surface area contributed by atoms with Crippen LogP contribution in [0, 0.1) is 11.8 Å². The molecule has 0 aliphatic carbocycles. The van der Waals surface area contributed by atoms with Crippen LogP contribution in [0.15, 0.2) is 48.7 Å². The first-order valence-corrected chi connectivity index (χ1v) is 9.68. The molecule has 1 atom stereocenters. The largest absolute Gasteiger partial charge is 0.473 e. The molecule has 0 spiro atoms. The summed E-state index contributed by atoms with van der Waals surface area (Å²) in [5, 5.41) is 2.94. The summed E-state index contributed by atoms with van der Waals surface area (Å²) < 4.78 is 5.73. The van der Waals surface area contributed by atoms with Gasteiger partial charge in [-0.15, -0.1) is 0 Å². The van der Waals surface area contributed by atoms with Gasteiger partial charge in [0, 0.05) is 38.3 Å². The summed E-state index contributed by atoms with van der Waals surface area (Å²) in [5.74, 6) is 0.631. The minimum absolute atomic E-state index is 0.0642. The highest BCUT2D eigenvalue weighted by Gasteiger charge is 2.34. The van der Waals surface area contributed by atoms with Crippen LogP contribution in [0.25, 0.3) is 0 Å². The number of carbonyl (C=O) groups is 2. The first-order valence-electron chi connectivity index (χ1n) is 9.68. The number of benzene rings is 1. The molecule has 1 aromatic heterocycles. The van der Waals surface area contributed by atoms with Crippen molar-refractivity contribution in [1.82, 2.24) is 15.2 Å². The van der Waals surface area contributed by atoms with Gasteiger partial charge in [0.05, 0.1) is 5.92 Å². The molecular weight excluding hydrogens is 354 g/mol. The molecule has 1 aliphatic rings. The average Bonchev–Trinajstić information content (AvgIpc) is 3.05. The lowest BCUT2D eigenvalue weighted by Crippen LogP contribution is -2.33. The van der Waals surface area contributed by atoms with Crippen LogP contribution in [0.5, 0.6) is 5.88 Å². The monoisotopic (exact) mass is 381 g/mol. The maximum atomic E-state index is 12.5. The van der Waals surface area contributed by atoms with Crippen LogP contribution in [0.3, 0.4) is 0 Å². The van der Waals surface area contributed by atoms with Crippen LogP contribution in [-0.2, 0) is 22.7 Å². The molecule has 1 unspecified atom stereocenters. The molecular formula is C22H27N3O3. The zero-order chi connectivity index (χ0) is 19.9. The molecule has 2 amide bonds. The van der Waals surface area contributed by atoms with Crippen LogP contribution < -0.4 is 10.1 Å². The topological polar surface area (TPSA) is 71.5 Å². The Morgan fingerprint density at radius 3 is 2.79 bits per heavy atom. The molecule has 6 heteroatoms. The molecule has 148 valence electrons. The number of aromatic nitrogens is 1. The fraction of sp³-hybridized carbons (Fsp3) is 0.409. The van der Waals surface area contributed by atoms with Crippen molar-refractivity contribution in [2.24, 2.45) is 11.8 Å². The van der Waals surface area contributed by atoms with Gasteiger partial charge in [0.15, 0.2) is 0 Å². The number of hydrogen-bond donors (Lipinski definition) is 1. The molecule has 28 heavy (non-hydrogen) atoms. The third-order valence-electron chi connectivity index (χ3n) is 4.67. The van der Waals surface area contributed by atoms with Crippen molar-refractivity contribution in [3.8, 4) is 5.88 Å². The van der Waals surface area contributed by atoms with Crippen LogP contribution in [-0.4, -0.2) is 34.8 Å². The second kappa shape index (κ2) is 9.35. The Balaban J connectivity index is 1.49. The van der Waals surface area contributed by atoms with Gasteiger partial charge in [-0.25, -0.2) is 4.98 Å².